The average molecular weight is 213 g/mol. The fraction of sp³-hybridized carbons (Fsp3) is 0.300. The van der Waals surface area contributed by atoms with Crippen molar-refractivity contribution < 1.29 is 9.18 Å². The number of carbonyl (C=O) groups excluding carboxylic acids is 1. The number of amides is 1. The molecule has 1 unspecified atom stereocenters. The van der Waals surface area contributed by atoms with Crippen molar-refractivity contribution in [1.82, 2.24) is 0 Å². The largest absolute Gasteiger partial charge is 0.325 e. The first-order valence-corrected chi connectivity index (χ1v) is 4.77. The van der Waals surface area contributed by atoms with Gasteiger partial charge in [0.1, 0.15) is 5.82 Å². The number of anilines is 1. The van der Waals surface area contributed by atoms with Crippen LogP contribution in [-0.4, -0.2) is 11.2 Å². The maximum Gasteiger partial charge on any atom is 0.236 e. The van der Waals surface area contributed by atoms with Crippen molar-refractivity contribution in [1.29, 1.82) is 0 Å². The van der Waals surface area contributed by atoms with Gasteiger partial charge in [0, 0.05) is 5.69 Å². The summed E-state index contributed by atoms with van der Waals surface area (Å²) in [5.41, 5.74) is 1.01. The molecular formula is C10H12FNOS. The summed E-state index contributed by atoms with van der Waals surface area (Å²) in [4.78, 5) is 11.2. The fourth-order valence-corrected chi connectivity index (χ4v) is 0.982. The Morgan fingerprint density at radius 1 is 1.57 bits per heavy atom. The zero-order chi connectivity index (χ0) is 10.7. The van der Waals surface area contributed by atoms with Gasteiger partial charge in [-0.15, -0.1) is 0 Å². The van der Waals surface area contributed by atoms with E-state index in [0.717, 1.165) is 0 Å². The standard InChI is InChI=1S/C10H12FNOS/c1-6-3-4-8(5-9(6)11)12-10(13)7(2)14/h3-5,7,14H,1-2H3,(H,12,13). The van der Waals surface area contributed by atoms with Crippen molar-refractivity contribution in [3.8, 4) is 0 Å². The summed E-state index contributed by atoms with van der Waals surface area (Å²) >= 11 is 3.96. The van der Waals surface area contributed by atoms with Crippen LogP contribution in [0.15, 0.2) is 18.2 Å². The molecule has 0 heterocycles. The third kappa shape index (κ3) is 2.73. The fourth-order valence-electron chi connectivity index (χ4n) is 0.917. The maximum atomic E-state index is 13.1. The normalized spacial score (nSPS) is 12.3. The number of hydrogen-bond donors (Lipinski definition) is 2. The summed E-state index contributed by atoms with van der Waals surface area (Å²) in [6.45, 7) is 3.32. The van der Waals surface area contributed by atoms with Gasteiger partial charge < -0.3 is 5.32 Å². The van der Waals surface area contributed by atoms with Crippen LogP contribution >= 0.6 is 12.6 Å². The predicted octanol–water partition coefficient (Wildman–Crippen LogP) is 2.39. The summed E-state index contributed by atoms with van der Waals surface area (Å²) in [5.74, 6) is -0.564. The monoisotopic (exact) mass is 213 g/mol. The second-order valence-electron chi connectivity index (χ2n) is 3.13. The van der Waals surface area contributed by atoms with E-state index in [1.54, 1.807) is 26.0 Å². The van der Waals surface area contributed by atoms with E-state index in [0.29, 0.717) is 11.3 Å². The summed E-state index contributed by atoms with van der Waals surface area (Å²) in [6.07, 6.45) is 0. The molecule has 1 aromatic carbocycles. The van der Waals surface area contributed by atoms with Gasteiger partial charge in [0.2, 0.25) is 5.91 Å². The molecule has 0 saturated carbocycles. The zero-order valence-electron chi connectivity index (χ0n) is 8.04. The molecule has 2 nitrogen and oxygen atoms in total. The lowest BCUT2D eigenvalue weighted by Crippen LogP contribution is -2.20. The Labute approximate surface area is 87.9 Å². The van der Waals surface area contributed by atoms with Crippen LogP contribution in [0.4, 0.5) is 10.1 Å². The van der Waals surface area contributed by atoms with E-state index in [2.05, 4.69) is 17.9 Å². The minimum atomic E-state index is -0.403. The SMILES string of the molecule is Cc1ccc(NC(=O)C(C)S)cc1F. The smallest absolute Gasteiger partial charge is 0.236 e. The van der Waals surface area contributed by atoms with Crippen molar-refractivity contribution in [2.75, 3.05) is 5.32 Å². The van der Waals surface area contributed by atoms with Gasteiger partial charge in [0.15, 0.2) is 0 Å². The Hall–Kier alpha value is -1.03. The minimum Gasteiger partial charge on any atom is -0.325 e. The number of halogens is 1. The molecule has 0 saturated heterocycles. The Balaban J connectivity index is 2.78. The van der Waals surface area contributed by atoms with Crippen LogP contribution in [0.2, 0.25) is 0 Å². The molecule has 0 spiro atoms. The van der Waals surface area contributed by atoms with Crippen LogP contribution in [0.25, 0.3) is 0 Å². The van der Waals surface area contributed by atoms with Crippen molar-refractivity contribution >= 4 is 24.2 Å². The molecule has 1 amide bonds. The highest BCUT2D eigenvalue weighted by molar-refractivity contribution is 7.81. The minimum absolute atomic E-state index is 0.239. The second-order valence-corrected chi connectivity index (χ2v) is 3.90. The van der Waals surface area contributed by atoms with Crippen LogP contribution in [0.5, 0.6) is 0 Å². The van der Waals surface area contributed by atoms with Crippen LogP contribution in [-0.2, 0) is 4.79 Å². The molecule has 1 aromatic rings. The van der Waals surface area contributed by atoms with Crippen LogP contribution in [0, 0.1) is 12.7 Å². The Kier molecular flexibility index (Phi) is 3.52. The molecule has 0 aliphatic carbocycles. The summed E-state index contributed by atoms with van der Waals surface area (Å²) in [7, 11) is 0. The van der Waals surface area contributed by atoms with Crippen molar-refractivity contribution in [2.24, 2.45) is 0 Å². The van der Waals surface area contributed by atoms with Crippen molar-refractivity contribution in [3.63, 3.8) is 0 Å². The third-order valence-electron chi connectivity index (χ3n) is 1.82. The van der Waals surface area contributed by atoms with Crippen molar-refractivity contribution in [2.45, 2.75) is 19.1 Å². The first kappa shape index (κ1) is 11.0. The average Bonchev–Trinajstić information content (AvgIpc) is 2.11. The molecule has 0 aliphatic rings. The van der Waals surface area contributed by atoms with Crippen LogP contribution in [0.3, 0.4) is 0 Å². The van der Waals surface area contributed by atoms with E-state index in [1.807, 2.05) is 0 Å². The van der Waals surface area contributed by atoms with Crippen LogP contribution < -0.4 is 5.32 Å². The Bertz CT molecular complexity index is 352. The van der Waals surface area contributed by atoms with Gasteiger partial charge in [-0.05, 0) is 31.5 Å². The lowest BCUT2D eigenvalue weighted by Gasteiger charge is -2.07. The van der Waals surface area contributed by atoms with Crippen molar-refractivity contribution in [3.05, 3.63) is 29.6 Å². The number of benzene rings is 1. The van der Waals surface area contributed by atoms with Gasteiger partial charge in [-0.25, -0.2) is 4.39 Å². The number of thiol groups is 1. The first-order chi connectivity index (χ1) is 6.50. The molecule has 0 bridgehead atoms. The molecule has 14 heavy (non-hydrogen) atoms. The number of hydrogen-bond acceptors (Lipinski definition) is 2. The van der Waals surface area contributed by atoms with Gasteiger partial charge in [-0.2, -0.15) is 12.6 Å². The van der Waals surface area contributed by atoms with Gasteiger partial charge in [0.25, 0.3) is 0 Å². The number of nitrogens with one attached hydrogen (secondary N) is 1. The summed E-state index contributed by atoms with van der Waals surface area (Å²) in [5, 5.41) is 2.15. The Morgan fingerprint density at radius 2 is 2.21 bits per heavy atom. The Morgan fingerprint density at radius 3 is 2.71 bits per heavy atom. The number of carbonyl (C=O) groups is 1. The van der Waals surface area contributed by atoms with E-state index in [1.165, 1.54) is 6.07 Å². The summed E-state index contributed by atoms with van der Waals surface area (Å²) < 4.78 is 13.1. The van der Waals surface area contributed by atoms with Gasteiger partial charge in [-0.1, -0.05) is 6.07 Å². The molecule has 0 radical (unpaired) electrons. The second kappa shape index (κ2) is 4.46. The molecule has 1 rings (SSSR count). The van der Waals surface area contributed by atoms with E-state index in [-0.39, 0.29) is 11.7 Å². The van der Waals surface area contributed by atoms with Gasteiger partial charge >= 0.3 is 0 Å². The highest BCUT2D eigenvalue weighted by atomic mass is 32.1. The highest BCUT2D eigenvalue weighted by Crippen LogP contribution is 2.14. The van der Waals surface area contributed by atoms with E-state index < -0.39 is 5.25 Å². The highest BCUT2D eigenvalue weighted by Gasteiger charge is 2.08. The molecule has 1 atom stereocenters. The number of rotatable bonds is 2. The van der Waals surface area contributed by atoms with Gasteiger partial charge in [-0.3, -0.25) is 4.79 Å². The molecule has 1 N–H and O–H groups in total. The molecule has 0 aliphatic heterocycles. The quantitative estimate of drug-likeness (QED) is 0.726. The third-order valence-corrected chi connectivity index (χ3v) is 2.05. The summed E-state index contributed by atoms with van der Waals surface area (Å²) in [6, 6.07) is 4.57. The van der Waals surface area contributed by atoms with Crippen LogP contribution in [0.1, 0.15) is 12.5 Å². The lowest BCUT2D eigenvalue weighted by atomic mass is 10.2. The van der Waals surface area contributed by atoms with E-state index >= 15 is 0 Å². The topological polar surface area (TPSA) is 29.1 Å². The molecular weight excluding hydrogens is 201 g/mol. The molecule has 0 fully saturated rings. The molecule has 4 heteroatoms. The predicted molar refractivity (Wildman–Crippen MR) is 58.2 cm³/mol. The first-order valence-electron chi connectivity index (χ1n) is 4.26. The van der Waals surface area contributed by atoms with E-state index in [9.17, 15) is 9.18 Å². The zero-order valence-corrected chi connectivity index (χ0v) is 8.94. The lowest BCUT2D eigenvalue weighted by molar-refractivity contribution is -0.115. The number of aryl methyl sites for hydroxylation is 1. The molecule has 76 valence electrons. The maximum absolute atomic E-state index is 13.1. The molecule has 0 aromatic heterocycles. The van der Waals surface area contributed by atoms with Gasteiger partial charge in [0.05, 0.1) is 5.25 Å². The van der Waals surface area contributed by atoms with E-state index in [4.69, 9.17) is 0 Å².